The minimum absolute atomic E-state index is 0.113. The van der Waals surface area contributed by atoms with Crippen LogP contribution in [0.25, 0.3) is 0 Å². The Morgan fingerprint density at radius 1 is 1.33 bits per heavy atom. The van der Waals surface area contributed by atoms with E-state index in [1.807, 2.05) is 0 Å². The lowest BCUT2D eigenvalue weighted by Gasteiger charge is -2.11. The number of rotatable bonds is 1. The van der Waals surface area contributed by atoms with E-state index in [2.05, 4.69) is 24.1 Å². The fourth-order valence-corrected chi connectivity index (χ4v) is 1.03. The minimum atomic E-state index is -0.452. The fraction of sp³-hybridized carbons (Fsp3) is 0.333. The summed E-state index contributed by atoms with van der Waals surface area (Å²) in [6, 6.07) is 0. The first kappa shape index (κ1) is 11.3. The van der Waals surface area contributed by atoms with Gasteiger partial charge in [-0.15, -0.1) is 5.06 Å². The van der Waals surface area contributed by atoms with Gasteiger partial charge in [-0.25, -0.2) is 0 Å². The molecular formula is C9H7NO4S. The zero-order valence-electron chi connectivity index (χ0n) is 7.90. The van der Waals surface area contributed by atoms with Crippen molar-refractivity contribution in [2.24, 2.45) is 0 Å². The predicted molar refractivity (Wildman–Crippen MR) is 53.2 cm³/mol. The highest BCUT2D eigenvalue weighted by atomic mass is 32.1. The number of thiocarbonyl (C=S) groups is 1. The van der Waals surface area contributed by atoms with Gasteiger partial charge in [-0.2, -0.15) is 0 Å². The summed E-state index contributed by atoms with van der Waals surface area (Å²) in [6.45, 7) is 1.27. The molecule has 78 valence electrons. The topological polar surface area (TPSA) is 63.7 Å². The summed E-state index contributed by atoms with van der Waals surface area (Å²) in [6.07, 6.45) is 0.225. The zero-order valence-corrected chi connectivity index (χ0v) is 8.72. The van der Waals surface area contributed by atoms with Gasteiger partial charge in [0, 0.05) is 19.8 Å². The number of carbonyl (C=O) groups is 3. The average Bonchev–Trinajstić information content (AvgIpc) is 2.46. The molecule has 0 aromatic heterocycles. The highest BCUT2D eigenvalue weighted by Crippen LogP contribution is 2.12. The van der Waals surface area contributed by atoms with E-state index in [9.17, 15) is 14.4 Å². The molecule has 5 nitrogen and oxygen atoms in total. The molecule has 1 saturated heterocycles. The Labute approximate surface area is 91.3 Å². The van der Waals surface area contributed by atoms with Gasteiger partial charge in [0.05, 0.1) is 0 Å². The summed E-state index contributed by atoms with van der Waals surface area (Å²) in [5.74, 6) is 3.08. The Hall–Kier alpha value is -1.74. The van der Waals surface area contributed by atoms with Crippen LogP contribution in [0.3, 0.4) is 0 Å². The number of nitrogens with zero attached hydrogens (tertiary/aromatic N) is 1. The molecule has 2 amide bonds. The molecule has 1 aliphatic rings. The summed E-state index contributed by atoms with van der Waals surface area (Å²) in [4.78, 5) is 37.3. The van der Waals surface area contributed by atoms with Gasteiger partial charge in [0.25, 0.3) is 16.9 Å². The highest BCUT2D eigenvalue weighted by Gasteiger charge is 2.31. The molecule has 0 radical (unpaired) electrons. The van der Waals surface area contributed by atoms with E-state index in [0.717, 1.165) is 0 Å². The van der Waals surface area contributed by atoms with Crippen LogP contribution in [0.5, 0.6) is 0 Å². The normalized spacial score (nSPS) is 14.6. The van der Waals surface area contributed by atoms with Crippen molar-refractivity contribution in [1.29, 1.82) is 0 Å². The van der Waals surface area contributed by atoms with Crippen molar-refractivity contribution in [1.82, 2.24) is 5.06 Å². The molecule has 0 aromatic rings. The van der Waals surface area contributed by atoms with Gasteiger partial charge in [0.1, 0.15) is 0 Å². The number of imide groups is 1. The van der Waals surface area contributed by atoms with Crippen LogP contribution in [0.1, 0.15) is 19.8 Å². The van der Waals surface area contributed by atoms with E-state index in [0.29, 0.717) is 5.06 Å². The molecule has 1 heterocycles. The Bertz CT molecular complexity index is 388. The SMILES string of the molecule is CC(=O)C#CC(=S)ON1C(=O)CCC1=O. The molecule has 0 atom stereocenters. The third-order valence-electron chi connectivity index (χ3n) is 1.52. The molecule has 0 spiro atoms. The summed E-state index contributed by atoms with van der Waals surface area (Å²) in [7, 11) is 0. The molecule has 1 aliphatic heterocycles. The Balaban J connectivity index is 2.60. The summed E-state index contributed by atoms with van der Waals surface area (Å²) in [5, 5.41) is 0.311. The van der Waals surface area contributed by atoms with Crippen LogP contribution in [-0.2, 0) is 19.2 Å². The van der Waals surface area contributed by atoms with Crippen molar-refractivity contribution in [3.63, 3.8) is 0 Å². The first-order valence-corrected chi connectivity index (χ1v) is 4.52. The van der Waals surface area contributed by atoms with Crippen LogP contribution in [-0.4, -0.2) is 27.7 Å². The Morgan fingerprint density at radius 3 is 2.33 bits per heavy atom. The first-order chi connectivity index (χ1) is 7.00. The lowest BCUT2D eigenvalue weighted by molar-refractivity contribution is -0.166. The molecule has 0 saturated carbocycles. The molecule has 6 heteroatoms. The number of hydrogen-bond donors (Lipinski definition) is 0. The number of ketones is 1. The van der Waals surface area contributed by atoms with E-state index >= 15 is 0 Å². The van der Waals surface area contributed by atoms with Gasteiger partial charge in [0.2, 0.25) is 5.78 Å². The molecule has 0 aromatic carbocycles. The first-order valence-electron chi connectivity index (χ1n) is 4.11. The lowest BCUT2D eigenvalue weighted by atomic mass is 10.4. The maximum atomic E-state index is 11.1. The second-order valence-electron chi connectivity index (χ2n) is 2.77. The summed E-state index contributed by atoms with van der Waals surface area (Å²) < 4.78 is 0. The van der Waals surface area contributed by atoms with Gasteiger partial charge in [0.15, 0.2) is 0 Å². The molecule has 0 aliphatic carbocycles. The van der Waals surface area contributed by atoms with Crippen molar-refractivity contribution in [3.8, 4) is 11.8 Å². The second-order valence-corrected chi connectivity index (χ2v) is 3.14. The van der Waals surface area contributed by atoms with Crippen LogP contribution in [0.2, 0.25) is 0 Å². The third-order valence-corrected chi connectivity index (χ3v) is 1.70. The largest absolute Gasteiger partial charge is 0.348 e. The van der Waals surface area contributed by atoms with Crippen molar-refractivity contribution in [3.05, 3.63) is 0 Å². The summed E-state index contributed by atoms with van der Waals surface area (Å²) in [5.41, 5.74) is 0. The van der Waals surface area contributed by atoms with E-state index in [-0.39, 0.29) is 23.7 Å². The Morgan fingerprint density at radius 2 is 1.87 bits per heavy atom. The second kappa shape index (κ2) is 4.66. The molecule has 1 fully saturated rings. The molecule has 0 bridgehead atoms. The number of Topliss-reactive ketones (excluding diaryl/α,β-unsaturated/α-hetero) is 1. The van der Waals surface area contributed by atoms with E-state index in [4.69, 9.17) is 4.84 Å². The third kappa shape index (κ3) is 3.14. The van der Waals surface area contributed by atoms with Gasteiger partial charge in [-0.1, -0.05) is 0 Å². The average molecular weight is 225 g/mol. The molecule has 0 N–H and O–H groups in total. The van der Waals surface area contributed by atoms with Crippen molar-refractivity contribution < 1.29 is 19.2 Å². The number of hydroxylamine groups is 2. The van der Waals surface area contributed by atoms with Gasteiger partial charge >= 0.3 is 0 Å². The van der Waals surface area contributed by atoms with Crippen LogP contribution in [0, 0.1) is 11.8 Å². The van der Waals surface area contributed by atoms with Gasteiger partial charge in [-0.05, 0) is 24.1 Å². The quantitative estimate of drug-likeness (QED) is 0.272. The standard InChI is InChI=1S/C9H7NO4S/c1-6(11)2-5-9(15)14-10-7(12)3-4-8(10)13/h3-4H2,1H3. The van der Waals surface area contributed by atoms with Crippen molar-refractivity contribution in [2.45, 2.75) is 19.8 Å². The van der Waals surface area contributed by atoms with Gasteiger partial charge in [-0.3, -0.25) is 14.4 Å². The van der Waals surface area contributed by atoms with Crippen LogP contribution in [0.4, 0.5) is 0 Å². The van der Waals surface area contributed by atoms with Crippen molar-refractivity contribution in [2.75, 3.05) is 0 Å². The van der Waals surface area contributed by atoms with E-state index < -0.39 is 11.8 Å². The molecular weight excluding hydrogens is 218 g/mol. The maximum absolute atomic E-state index is 11.1. The lowest BCUT2D eigenvalue weighted by Crippen LogP contribution is -2.31. The fourth-order valence-electron chi connectivity index (χ4n) is 0.903. The minimum Gasteiger partial charge on any atom is -0.348 e. The summed E-state index contributed by atoms with van der Waals surface area (Å²) >= 11 is 4.62. The van der Waals surface area contributed by atoms with Crippen LogP contribution >= 0.6 is 12.2 Å². The van der Waals surface area contributed by atoms with Gasteiger partial charge < -0.3 is 4.84 Å². The van der Waals surface area contributed by atoms with Crippen molar-refractivity contribution >= 4 is 34.9 Å². The monoisotopic (exact) mass is 225 g/mol. The highest BCUT2D eigenvalue weighted by molar-refractivity contribution is 7.80. The Kier molecular flexibility index (Phi) is 3.52. The van der Waals surface area contributed by atoms with Crippen LogP contribution < -0.4 is 0 Å². The van der Waals surface area contributed by atoms with E-state index in [1.165, 1.54) is 6.92 Å². The maximum Gasteiger partial charge on any atom is 0.270 e. The van der Waals surface area contributed by atoms with E-state index in [1.54, 1.807) is 0 Å². The number of hydrogen-bond acceptors (Lipinski definition) is 5. The predicted octanol–water partition coefficient (Wildman–Crippen LogP) is -0.0132. The zero-order chi connectivity index (χ0) is 11.4. The molecule has 15 heavy (non-hydrogen) atoms. The molecule has 0 unspecified atom stereocenters. The number of amides is 2. The number of carbonyl (C=O) groups excluding carboxylic acids is 3. The smallest absolute Gasteiger partial charge is 0.270 e. The molecule has 1 rings (SSSR count). The van der Waals surface area contributed by atoms with Crippen LogP contribution in [0.15, 0.2) is 0 Å².